The van der Waals surface area contributed by atoms with E-state index in [9.17, 15) is 8.42 Å². The van der Waals surface area contributed by atoms with E-state index in [1.54, 1.807) is 11.1 Å². The van der Waals surface area contributed by atoms with Gasteiger partial charge in [-0.2, -0.15) is 0 Å². The molecule has 106 valence electrons. The van der Waals surface area contributed by atoms with Gasteiger partial charge in [0.15, 0.2) is 0 Å². The van der Waals surface area contributed by atoms with Gasteiger partial charge in [0.2, 0.25) is 0 Å². The zero-order chi connectivity index (χ0) is 13.9. The topological polar surface area (TPSA) is 84.7 Å². The molecule has 19 heavy (non-hydrogen) atoms. The SMILES string of the molecule is NCc1ccc(S(=O)(=O)NN2CCOCC2)cc1Cl. The minimum Gasteiger partial charge on any atom is -0.379 e. The van der Waals surface area contributed by atoms with Crippen molar-refractivity contribution < 1.29 is 13.2 Å². The van der Waals surface area contributed by atoms with Crippen LogP contribution in [0, 0.1) is 0 Å². The summed E-state index contributed by atoms with van der Waals surface area (Å²) in [7, 11) is -3.61. The molecule has 0 aliphatic carbocycles. The van der Waals surface area contributed by atoms with Crippen molar-refractivity contribution in [2.24, 2.45) is 5.73 Å². The normalized spacial score (nSPS) is 17.6. The van der Waals surface area contributed by atoms with Crippen molar-refractivity contribution in [3.05, 3.63) is 28.8 Å². The molecule has 1 saturated heterocycles. The molecule has 8 heteroatoms. The van der Waals surface area contributed by atoms with Crippen molar-refractivity contribution in [2.45, 2.75) is 11.4 Å². The summed E-state index contributed by atoms with van der Waals surface area (Å²) in [5.74, 6) is 0. The largest absolute Gasteiger partial charge is 0.379 e. The van der Waals surface area contributed by atoms with Crippen molar-refractivity contribution in [3.63, 3.8) is 0 Å². The second kappa shape index (κ2) is 6.17. The maximum Gasteiger partial charge on any atom is 0.253 e. The number of nitrogens with zero attached hydrogens (tertiary/aromatic N) is 1. The van der Waals surface area contributed by atoms with Crippen molar-refractivity contribution in [1.29, 1.82) is 0 Å². The van der Waals surface area contributed by atoms with Gasteiger partial charge in [0, 0.05) is 24.7 Å². The predicted molar refractivity (Wildman–Crippen MR) is 72.1 cm³/mol. The monoisotopic (exact) mass is 305 g/mol. The van der Waals surface area contributed by atoms with E-state index in [4.69, 9.17) is 22.1 Å². The van der Waals surface area contributed by atoms with Gasteiger partial charge in [-0.05, 0) is 17.7 Å². The van der Waals surface area contributed by atoms with Gasteiger partial charge in [0.05, 0.1) is 18.1 Å². The summed E-state index contributed by atoms with van der Waals surface area (Å²) in [6, 6.07) is 4.53. The van der Waals surface area contributed by atoms with E-state index >= 15 is 0 Å². The molecule has 0 bridgehead atoms. The van der Waals surface area contributed by atoms with Crippen LogP contribution in [0.1, 0.15) is 5.56 Å². The van der Waals surface area contributed by atoms with Gasteiger partial charge < -0.3 is 10.5 Å². The molecule has 1 aromatic carbocycles. The third-order valence-corrected chi connectivity index (χ3v) is 4.54. The van der Waals surface area contributed by atoms with Crippen LogP contribution < -0.4 is 10.6 Å². The zero-order valence-corrected chi connectivity index (χ0v) is 11.9. The molecular formula is C11H16ClN3O3S. The minimum atomic E-state index is -3.61. The first kappa shape index (κ1) is 14.7. The summed E-state index contributed by atoms with van der Waals surface area (Å²) in [4.78, 5) is 2.64. The highest BCUT2D eigenvalue weighted by atomic mass is 35.5. The molecule has 2 rings (SSSR count). The first-order chi connectivity index (χ1) is 9.03. The van der Waals surface area contributed by atoms with Crippen LogP contribution >= 0.6 is 11.6 Å². The highest BCUT2D eigenvalue weighted by Crippen LogP contribution is 2.20. The van der Waals surface area contributed by atoms with Crippen molar-refractivity contribution >= 4 is 21.6 Å². The van der Waals surface area contributed by atoms with E-state index in [-0.39, 0.29) is 11.4 Å². The number of halogens is 1. The van der Waals surface area contributed by atoms with Gasteiger partial charge in [-0.15, -0.1) is 4.83 Å². The Balaban J connectivity index is 2.16. The summed E-state index contributed by atoms with van der Waals surface area (Å²) in [5, 5.41) is 1.97. The molecule has 0 aromatic heterocycles. The van der Waals surface area contributed by atoms with Crippen LogP contribution in [0.25, 0.3) is 0 Å². The molecule has 1 aliphatic heterocycles. The van der Waals surface area contributed by atoms with Gasteiger partial charge in [0.25, 0.3) is 10.0 Å². The molecule has 1 fully saturated rings. The lowest BCUT2D eigenvalue weighted by Crippen LogP contribution is -2.48. The summed E-state index contributed by atoms with van der Waals surface area (Å²) in [5.41, 5.74) is 6.20. The zero-order valence-electron chi connectivity index (χ0n) is 10.3. The van der Waals surface area contributed by atoms with Crippen LogP contribution in [-0.4, -0.2) is 39.7 Å². The Morgan fingerprint density at radius 3 is 2.63 bits per heavy atom. The van der Waals surface area contributed by atoms with Gasteiger partial charge in [-0.3, -0.25) is 0 Å². The number of rotatable bonds is 4. The van der Waals surface area contributed by atoms with Crippen LogP contribution in [-0.2, 0) is 21.3 Å². The maximum absolute atomic E-state index is 12.2. The van der Waals surface area contributed by atoms with E-state index in [1.807, 2.05) is 0 Å². The van der Waals surface area contributed by atoms with Crippen molar-refractivity contribution in [1.82, 2.24) is 9.84 Å². The minimum absolute atomic E-state index is 0.126. The molecule has 0 spiro atoms. The van der Waals surface area contributed by atoms with Gasteiger partial charge in [-0.25, -0.2) is 13.4 Å². The molecular weight excluding hydrogens is 290 g/mol. The number of hydrazine groups is 1. The first-order valence-electron chi connectivity index (χ1n) is 5.86. The Labute approximate surface area is 117 Å². The quantitative estimate of drug-likeness (QED) is 0.837. The fourth-order valence-corrected chi connectivity index (χ4v) is 3.21. The average molecular weight is 306 g/mol. The van der Waals surface area contributed by atoms with Crippen LogP contribution in [0.3, 0.4) is 0 Å². The third kappa shape index (κ3) is 3.65. The molecule has 0 saturated carbocycles. The smallest absolute Gasteiger partial charge is 0.253 e. The van der Waals surface area contributed by atoms with E-state index in [0.29, 0.717) is 36.9 Å². The highest BCUT2D eigenvalue weighted by Gasteiger charge is 2.20. The lowest BCUT2D eigenvalue weighted by atomic mass is 10.2. The number of hydrogen-bond donors (Lipinski definition) is 2. The Kier molecular flexibility index (Phi) is 4.77. The van der Waals surface area contributed by atoms with Gasteiger partial charge in [0.1, 0.15) is 0 Å². The van der Waals surface area contributed by atoms with E-state index < -0.39 is 10.0 Å². The van der Waals surface area contributed by atoms with Crippen molar-refractivity contribution in [3.8, 4) is 0 Å². The number of benzene rings is 1. The number of morpholine rings is 1. The summed E-state index contributed by atoms with van der Waals surface area (Å²) in [6.07, 6.45) is 0. The fraction of sp³-hybridized carbons (Fsp3) is 0.455. The summed E-state index contributed by atoms with van der Waals surface area (Å²) >= 11 is 5.97. The molecule has 0 amide bonds. The van der Waals surface area contributed by atoms with E-state index in [1.165, 1.54) is 12.1 Å². The standard InChI is InChI=1S/C11H16ClN3O3S/c12-11-7-10(2-1-9(11)8-13)19(16,17)14-15-3-5-18-6-4-15/h1-2,7,14H,3-6,8,13H2. The lowest BCUT2D eigenvalue weighted by Gasteiger charge is -2.26. The Morgan fingerprint density at radius 1 is 1.37 bits per heavy atom. The van der Waals surface area contributed by atoms with Gasteiger partial charge >= 0.3 is 0 Å². The van der Waals surface area contributed by atoms with Crippen LogP contribution in [0.15, 0.2) is 23.1 Å². The molecule has 0 radical (unpaired) electrons. The number of ether oxygens (including phenoxy) is 1. The maximum atomic E-state index is 12.2. The second-order valence-corrected chi connectivity index (χ2v) is 6.22. The van der Waals surface area contributed by atoms with E-state index in [2.05, 4.69) is 4.83 Å². The summed E-state index contributed by atoms with van der Waals surface area (Å²) < 4.78 is 29.5. The number of sulfonamides is 1. The third-order valence-electron chi connectivity index (χ3n) is 2.82. The highest BCUT2D eigenvalue weighted by molar-refractivity contribution is 7.89. The molecule has 1 aliphatic rings. The fourth-order valence-electron chi connectivity index (χ4n) is 1.74. The average Bonchev–Trinajstić information content (AvgIpc) is 2.39. The number of nitrogens with one attached hydrogen (secondary N) is 1. The van der Waals surface area contributed by atoms with Crippen molar-refractivity contribution in [2.75, 3.05) is 26.3 Å². The molecule has 1 aromatic rings. The Morgan fingerprint density at radius 2 is 2.05 bits per heavy atom. The predicted octanol–water partition coefficient (Wildman–Crippen LogP) is 0.324. The van der Waals surface area contributed by atoms with Crippen LogP contribution in [0.4, 0.5) is 0 Å². The van der Waals surface area contributed by atoms with Crippen LogP contribution in [0.5, 0.6) is 0 Å². The Bertz CT molecular complexity index is 544. The molecule has 0 unspecified atom stereocenters. The second-order valence-electron chi connectivity index (χ2n) is 4.15. The molecule has 0 atom stereocenters. The number of hydrogen-bond acceptors (Lipinski definition) is 5. The van der Waals surface area contributed by atoms with E-state index in [0.717, 1.165) is 0 Å². The number of nitrogens with two attached hydrogens (primary N) is 1. The van der Waals surface area contributed by atoms with Gasteiger partial charge in [-0.1, -0.05) is 17.7 Å². The molecule has 1 heterocycles. The Hall–Kier alpha value is -0.700. The first-order valence-corrected chi connectivity index (χ1v) is 7.72. The molecule has 6 nitrogen and oxygen atoms in total. The lowest BCUT2D eigenvalue weighted by molar-refractivity contribution is 0.0272. The summed E-state index contributed by atoms with van der Waals surface area (Å²) in [6.45, 7) is 2.34. The molecule has 3 N–H and O–H groups in total. The van der Waals surface area contributed by atoms with Crippen LogP contribution in [0.2, 0.25) is 5.02 Å².